The maximum atomic E-state index is 10.6. The number of hydrogen-bond acceptors (Lipinski definition) is 6. The zero-order valence-electron chi connectivity index (χ0n) is 9.12. The number of aromatic nitrogens is 1. The molecule has 2 heterocycles. The highest BCUT2D eigenvalue weighted by Gasteiger charge is 2.37. The topological polar surface area (TPSA) is 103 Å². The van der Waals surface area contributed by atoms with Crippen molar-refractivity contribution in [3.05, 3.63) is 27.9 Å². The molecule has 7 nitrogen and oxygen atoms in total. The summed E-state index contributed by atoms with van der Waals surface area (Å²) in [6.07, 6.45) is 0. The van der Waals surface area contributed by atoms with E-state index in [9.17, 15) is 15.2 Å². The van der Waals surface area contributed by atoms with E-state index in [1.807, 2.05) is 0 Å². The third-order valence-electron chi connectivity index (χ3n) is 2.55. The van der Waals surface area contributed by atoms with Crippen molar-refractivity contribution in [2.24, 2.45) is 0 Å². The highest BCUT2D eigenvalue weighted by Crippen LogP contribution is 2.28. The van der Waals surface area contributed by atoms with Gasteiger partial charge in [0.15, 0.2) is 0 Å². The number of nitriles is 1. The minimum absolute atomic E-state index is 0.209. The normalized spacial score (nSPS) is 17.1. The Bertz CT molecular complexity index is 513. The number of β-amino-alcohol motifs (C(OH)–C–C–N with tert-alkyl or cyclic N) is 1. The molecule has 0 amide bonds. The highest BCUT2D eigenvalue weighted by atomic mass is 16.6. The average Bonchev–Trinajstić information content (AvgIpc) is 2.24. The van der Waals surface area contributed by atoms with Gasteiger partial charge in [0.25, 0.3) is 0 Å². The average molecular weight is 234 g/mol. The second-order valence-corrected chi connectivity index (χ2v) is 4.26. The first-order chi connectivity index (χ1) is 7.93. The smallest absolute Gasteiger partial charge is 0.305 e. The van der Waals surface area contributed by atoms with Crippen molar-refractivity contribution < 1.29 is 10.0 Å². The van der Waals surface area contributed by atoms with Crippen LogP contribution in [0.1, 0.15) is 12.6 Å². The lowest BCUT2D eigenvalue weighted by Crippen LogP contribution is -2.60. The number of rotatable bonds is 2. The van der Waals surface area contributed by atoms with Gasteiger partial charge < -0.3 is 10.0 Å². The Kier molecular flexibility index (Phi) is 2.44. The standard InChI is InChI=1S/C10H10N4O3/c1-10(15)5-13(6-10)9-3-2-8(14(16)17)7(4-11)12-9/h2-3,15H,5-6H2,1H3. The van der Waals surface area contributed by atoms with E-state index in [0.717, 1.165) is 0 Å². The maximum Gasteiger partial charge on any atom is 0.305 e. The maximum absolute atomic E-state index is 10.6. The van der Waals surface area contributed by atoms with Gasteiger partial charge in [-0.3, -0.25) is 10.1 Å². The Balaban J connectivity index is 2.28. The summed E-state index contributed by atoms with van der Waals surface area (Å²) in [6.45, 7) is 2.51. The lowest BCUT2D eigenvalue weighted by atomic mass is 9.97. The molecule has 88 valence electrons. The van der Waals surface area contributed by atoms with Gasteiger partial charge in [0.2, 0.25) is 5.69 Å². The van der Waals surface area contributed by atoms with E-state index in [0.29, 0.717) is 18.9 Å². The van der Waals surface area contributed by atoms with E-state index in [4.69, 9.17) is 5.26 Å². The number of pyridine rings is 1. The van der Waals surface area contributed by atoms with Crippen molar-refractivity contribution in [3.8, 4) is 6.07 Å². The molecule has 0 aromatic carbocycles. The number of anilines is 1. The molecule has 1 aromatic rings. The molecule has 0 spiro atoms. The summed E-state index contributed by atoms with van der Waals surface area (Å²) >= 11 is 0. The Labute approximate surface area is 97.1 Å². The second kappa shape index (κ2) is 3.68. The fourth-order valence-corrected chi connectivity index (χ4v) is 1.79. The summed E-state index contributed by atoms with van der Waals surface area (Å²) in [5.41, 5.74) is -1.27. The third-order valence-corrected chi connectivity index (χ3v) is 2.55. The van der Waals surface area contributed by atoms with Gasteiger partial charge in [-0.2, -0.15) is 5.26 Å². The first-order valence-corrected chi connectivity index (χ1v) is 4.96. The molecule has 1 saturated heterocycles. The second-order valence-electron chi connectivity index (χ2n) is 4.26. The van der Waals surface area contributed by atoms with Crippen LogP contribution in [0.5, 0.6) is 0 Å². The molecule has 0 radical (unpaired) electrons. The number of nitro groups is 1. The number of aliphatic hydroxyl groups is 1. The molecule has 1 aromatic heterocycles. The van der Waals surface area contributed by atoms with Crippen LogP contribution in [0.15, 0.2) is 12.1 Å². The first-order valence-electron chi connectivity index (χ1n) is 4.96. The minimum atomic E-state index is -0.754. The van der Waals surface area contributed by atoms with Gasteiger partial charge in [0.1, 0.15) is 11.9 Å². The van der Waals surface area contributed by atoms with E-state index in [2.05, 4.69) is 4.98 Å². The molecule has 7 heteroatoms. The van der Waals surface area contributed by atoms with Crippen LogP contribution in [0.2, 0.25) is 0 Å². The molecule has 2 rings (SSSR count). The van der Waals surface area contributed by atoms with Gasteiger partial charge in [-0.05, 0) is 13.0 Å². The van der Waals surface area contributed by atoms with Crippen LogP contribution in [0.4, 0.5) is 11.5 Å². The first kappa shape index (κ1) is 11.3. The predicted octanol–water partition coefficient (Wildman–Crippen LogP) is 0.432. The zero-order chi connectivity index (χ0) is 12.6. The van der Waals surface area contributed by atoms with E-state index in [-0.39, 0.29) is 11.4 Å². The zero-order valence-corrected chi connectivity index (χ0v) is 9.12. The quantitative estimate of drug-likeness (QED) is 0.588. The van der Waals surface area contributed by atoms with Crippen LogP contribution in [0.3, 0.4) is 0 Å². The minimum Gasteiger partial charge on any atom is -0.386 e. The fraction of sp³-hybridized carbons (Fsp3) is 0.400. The van der Waals surface area contributed by atoms with Crippen molar-refractivity contribution in [1.29, 1.82) is 5.26 Å². The van der Waals surface area contributed by atoms with Crippen LogP contribution in [-0.2, 0) is 0 Å². The van der Waals surface area contributed by atoms with Crippen LogP contribution in [-0.4, -0.2) is 33.7 Å². The van der Waals surface area contributed by atoms with Crippen molar-refractivity contribution in [2.45, 2.75) is 12.5 Å². The van der Waals surface area contributed by atoms with Crippen LogP contribution < -0.4 is 4.90 Å². The fourth-order valence-electron chi connectivity index (χ4n) is 1.79. The molecule has 0 unspecified atom stereocenters. The van der Waals surface area contributed by atoms with Gasteiger partial charge in [-0.25, -0.2) is 4.98 Å². The summed E-state index contributed by atoms with van der Waals surface area (Å²) in [6, 6.07) is 4.44. The van der Waals surface area contributed by atoms with Crippen LogP contribution >= 0.6 is 0 Å². The molecule has 0 aliphatic carbocycles. The summed E-state index contributed by atoms with van der Waals surface area (Å²) in [4.78, 5) is 15.6. The summed E-state index contributed by atoms with van der Waals surface area (Å²) < 4.78 is 0. The Morgan fingerprint density at radius 2 is 2.29 bits per heavy atom. The lowest BCUT2D eigenvalue weighted by molar-refractivity contribution is -0.385. The monoisotopic (exact) mass is 234 g/mol. The van der Waals surface area contributed by atoms with Gasteiger partial charge in [0.05, 0.1) is 10.5 Å². The van der Waals surface area contributed by atoms with Crippen LogP contribution in [0.25, 0.3) is 0 Å². The summed E-state index contributed by atoms with van der Waals surface area (Å²) in [5.74, 6) is 0.471. The largest absolute Gasteiger partial charge is 0.386 e. The number of nitrogens with zero attached hydrogens (tertiary/aromatic N) is 4. The summed E-state index contributed by atoms with van der Waals surface area (Å²) in [7, 11) is 0. The molecule has 0 atom stereocenters. The van der Waals surface area contributed by atoms with E-state index >= 15 is 0 Å². The van der Waals surface area contributed by atoms with Gasteiger partial charge >= 0.3 is 5.69 Å². The van der Waals surface area contributed by atoms with Crippen molar-refractivity contribution in [2.75, 3.05) is 18.0 Å². The highest BCUT2D eigenvalue weighted by molar-refractivity contribution is 5.53. The van der Waals surface area contributed by atoms with Gasteiger partial charge in [-0.15, -0.1) is 0 Å². The molecule has 1 aliphatic rings. The Hall–Kier alpha value is -2.20. The predicted molar refractivity (Wildman–Crippen MR) is 58.4 cm³/mol. The Morgan fingerprint density at radius 3 is 2.76 bits per heavy atom. The van der Waals surface area contributed by atoms with Crippen molar-refractivity contribution in [3.63, 3.8) is 0 Å². The molecule has 0 saturated carbocycles. The molecular weight excluding hydrogens is 224 g/mol. The Morgan fingerprint density at radius 1 is 1.65 bits per heavy atom. The molecule has 1 fully saturated rings. The van der Waals surface area contributed by atoms with E-state index in [1.165, 1.54) is 12.1 Å². The molecule has 1 aliphatic heterocycles. The molecule has 17 heavy (non-hydrogen) atoms. The van der Waals surface area contributed by atoms with Crippen molar-refractivity contribution >= 4 is 11.5 Å². The lowest BCUT2D eigenvalue weighted by Gasteiger charge is -2.44. The number of hydrogen-bond donors (Lipinski definition) is 1. The van der Waals surface area contributed by atoms with Gasteiger partial charge in [0, 0.05) is 19.2 Å². The van der Waals surface area contributed by atoms with E-state index < -0.39 is 10.5 Å². The van der Waals surface area contributed by atoms with E-state index in [1.54, 1.807) is 17.9 Å². The molecule has 1 N–H and O–H groups in total. The van der Waals surface area contributed by atoms with Crippen LogP contribution in [0, 0.1) is 21.4 Å². The third kappa shape index (κ3) is 2.03. The van der Waals surface area contributed by atoms with Crippen molar-refractivity contribution in [1.82, 2.24) is 4.98 Å². The SMILES string of the molecule is CC1(O)CN(c2ccc([N+](=O)[O-])c(C#N)n2)C1. The molecular formula is C10H10N4O3. The molecule has 0 bridgehead atoms. The van der Waals surface area contributed by atoms with Gasteiger partial charge in [-0.1, -0.05) is 0 Å². The summed E-state index contributed by atoms with van der Waals surface area (Å²) in [5, 5.41) is 29.0.